The molecule has 2 N–H and O–H groups in total. The van der Waals surface area contributed by atoms with Gasteiger partial charge in [-0.1, -0.05) is 6.07 Å². The van der Waals surface area contributed by atoms with Gasteiger partial charge in [-0.3, -0.25) is 4.98 Å². The Morgan fingerprint density at radius 2 is 2.00 bits per heavy atom. The summed E-state index contributed by atoms with van der Waals surface area (Å²) in [5.74, 6) is 0. The summed E-state index contributed by atoms with van der Waals surface area (Å²) in [6.07, 6.45) is 1.67. The van der Waals surface area contributed by atoms with Gasteiger partial charge in [0.05, 0.1) is 6.10 Å². The van der Waals surface area contributed by atoms with E-state index in [2.05, 4.69) is 4.98 Å². The third-order valence-corrected chi connectivity index (χ3v) is 1.69. The van der Waals surface area contributed by atoms with Crippen LogP contribution >= 0.6 is 0 Å². The Bertz CT molecular complexity index is 260. The highest BCUT2D eigenvalue weighted by Crippen LogP contribution is 2.15. The van der Waals surface area contributed by atoms with E-state index >= 15 is 0 Å². The Balaban J connectivity index is 2.88. The summed E-state index contributed by atoms with van der Waals surface area (Å²) in [7, 11) is 0. The van der Waals surface area contributed by atoms with Crippen LogP contribution in [0.3, 0.4) is 0 Å². The van der Waals surface area contributed by atoms with Gasteiger partial charge < -0.3 is 10.2 Å². The van der Waals surface area contributed by atoms with Crippen LogP contribution in [-0.2, 0) is 0 Å². The lowest BCUT2D eigenvalue weighted by Gasteiger charge is -2.13. The number of aromatic nitrogens is 1. The summed E-state index contributed by atoms with van der Waals surface area (Å²) in [6.45, 7) is 3.44. The number of nitrogens with zero attached hydrogens (tertiary/aromatic N) is 1. The number of hydrogen-bond acceptors (Lipinski definition) is 3. The fourth-order valence-electron chi connectivity index (χ4n) is 1.02. The molecule has 0 aliphatic heterocycles. The van der Waals surface area contributed by atoms with Gasteiger partial charge in [0, 0.05) is 18.0 Å². The van der Waals surface area contributed by atoms with Crippen LogP contribution < -0.4 is 0 Å². The Labute approximate surface area is 71.7 Å². The standard InChI is InChI=1S/C9H13NO2/c1-6-3-8(5-10-4-6)9(12)7(2)11/h3-5,7,9,11-12H,1-2H3. The fourth-order valence-corrected chi connectivity index (χ4v) is 1.02. The molecular weight excluding hydrogens is 154 g/mol. The maximum Gasteiger partial charge on any atom is 0.106 e. The Morgan fingerprint density at radius 3 is 2.50 bits per heavy atom. The largest absolute Gasteiger partial charge is 0.390 e. The van der Waals surface area contributed by atoms with Crippen LogP contribution in [0.25, 0.3) is 0 Å². The van der Waals surface area contributed by atoms with Crippen molar-refractivity contribution >= 4 is 0 Å². The molecule has 1 aromatic heterocycles. The molecule has 3 nitrogen and oxygen atoms in total. The summed E-state index contributed by atoms with van der Waals surface area (Å²) in [6, 6.07) is 1.81. The van der Waals surface area contributed by atoms with Gasteiger partial charge in [0.2, 0.25) is 0 Å². The second-order valence-corrected chi connectivity index (χ2v) is 2.98. The summed E-state index contributed by atoms with van der Waals surface area (Å²) in [5, 5.41) is 18.5. The molecule has 66 valence electrons. The van der Waals surface area contributed by atoms with Gasteiger partial charge in [0.15, 0.2) is 0 Å². The van der Waals surface area contributed by atoms with Crippen LogP contribution in [0.1, 0.15) is 24.2 Å². The van der Waals surface area contributed by atoms with Crippen LogP contribution in [0.15, 0.2) is 18.5 Å². The molecule has 0 bridgehead atoms. The highest BCUT2D eigenvalue weighted by molar-refractivity contribution is 5.19. The molecule has 0 saturated carbocycles. The molecule has 3 heteroatoms. The van der Waals surface area contributed by atoms with Gasteiger partial charge in [0.25, 0.3) is 0 Å². The monoisotopic (exact) mass is 167 g/mol. The average Bonchev–Trinajstić information content (AvgIpc) is 2.03. The topological polar surface area (TPSA) is 53.4 Å². The first-order valence-electron chi connectivity index (χ1n) is 3.89. The Morgan fingerprint density at radius 1 is 1.33 bits per heavy atom. The van der Waals surface area contributed by atoms with Gasteiger partial charge in [0.1, 0.15) is 6.10 Å². The molecule has 0 amide bonds. The number of aliphatic hydroxyl groups excluding tert-OH is 2. The Kier molecular flexibility index (Phi) is 2.78. The minimum atomic E-state index is -0.836. The lowest BCUT2D eigenvalue weighted by atomic mass is 10.1. The van der Waals surface area contributed by atoms with Crippen LogP contribution in [0.2, 0.25) is 0 Å². The van der Waals surface area contributed by atoms with E-state index < -0.39 is 12.2 Å². The van der Waals surface area contributed by atoms with Gasteiger partial charge in [-0.25, -0.2) is 0 Å². The third kappa shape index (κ3) is 2.03. The number of pyridine rings is 1. The van der Waals surface area contributed by atoms with E-state index in [4.69, 9.17) is 5.11 Å². The van der Waals surface area contributed by atoms with E-state index in [9.17, 15) is 5.11 Å². The average molecular weight is 167 g/mol. The molecule has 1 aromatic rings. The molecule has 0 aromatic carbocycles. The first kappa shape index (κ1) is 9.16. The van der Waals surface area contributed by atoms with Crippen molar-refractivity contribution in [3.05, 3.63) is 29.6 Å². The van der Waals surface area contributed by atoms with Crippen molar-refractivity contribution < 1.29 is 10.2 Å². The van der Waals surface area contributed by atoms with Crippen LogP contribution in [0, 0.1) is 6.92 Å². The SMILES string of the molecule is Cc1cncc(C(O)C(C)O)c1. The number of aryl methyl sites for hydroxylation is 1. The maximum atomic E-state index is 9.43. The summed E-state index contributed by atoms with van der Waals surface area (Å²) < 4.78 is 0. The van der Waals surface area contributed by atoms with E-state index in [1.165, 1.54) is 0 Å². The second-order valence-electron chi connectivity index (χ2n) is 2.98. The van der Waals surface area contributed by atoms with E-state index in [1.807, 2.05) is 13.0 Å². The van der Waals surface area contributed by atoms with E-state index in [1.54, 1.807) is 19.3 Å². The zero-order valence-electron chi connectivity index (χ0n) is 7.23. The first-order chi connectivity index (χ1) is 5.61. The molecule has 12 heavy (non-hydrogen) atoms. The second kappa shape index (κ2) is 3.65. The molecule has 2 atom stereocenters. The van der Waals surface area contributed by atoms with E-state index in [-0.39, 0.29) is 0 Å². The van der Waals surface area contributed by atoms with Crippen molar-refractivity contribution in [1.82, 2.24) is 4.98 Å². The summed E-state index contributed by atoms with van der Waals surface area (Å²) in [5.41, 5.74) is 1.64. The Hall–Kier alpha value is -0.930. The molecule has 1 heterocycles. The minimum Gasteiger partial charge on any atom is -0.390 e. The predicted molar refractivity (Wildman–Crippen MR) is 45.6 cm³/mol. The van der Waals surface area contributed by atoms with Crippen molar-refractivity contribution in [1.29, 1.82) is 0 Å². The predicted octanol–water partition coefficient (Wildman–Crippen LogP) is 0.804. The van der Waals surface area contributed by atoms with Gasteiger partial charge in [-0.2, -0.15) is 0 Å². The van der Waals surface area contributed by atoms with Crippen LogP contribution in [0.4, 0.5) is 0 Å². The van der Waals surface area contributed by atoms with Crippen molar-refractivity contribution in [2.75, 3.05) is 0 Å². The van der Waals surface area contributed by atoms with Crippen LogP contribution in [-0.4, -0.2) is 21.3 Å². The zero-order valence-corrected chi connectivity index (χ0v) is 7.23. The number of rotatable bonds is 2. The first-order valence-corrected chi connectivity index (χ1v) is 3.89. The third-order valence-electron chi connectivity index (χ3n) is 1.69. The highest BCUT2D eigenvalue weighted by atomic mass is 16.3. The van der Waals surface area contributed by atoms with Crippen molar-refractivity contribution in [2.45, 2.75) is 26.1 Å². The van der Waals surface area contributed by atoms with Gasteiger partial charge >= 0.3 is 0 Å². The van der Waals surface area contributed by atoms with Gasteiger partial charge in [-0.15, -0.1) is 0 Å². The number of hydrogen-bond donors (Lipinski definition) is 2. The van der Waals surface area contributed by atoms with E-state index in [0.717, 1.165) is 5.56 Å². The molecule has 0 radical (unpaired) electrons. The maximum absolute atomic E-state index is 9.43. The van der Waals surface area contributed by atoms with Crippen LogP contribution in [0.5, 0.6) is 0 Å². The van der Waals surface area contributed by atoms with Crippen molar-refractivity contribution in [2.24, 2.45) is 0 Å². The highest BCUT2D eigenvalue weighted by Gasteiger charge is 2.13. The lowest BCUT2D eigenvalue weighted by molar-refractivity contribution is 0.0303. The molecule has 0 fully saturated rings. The molecule has 0 spiro atoms. The normalized spacial score (nSPS) is 15.7. The smallest absolute Gasteiger partial charge is 0.106 e. The quantitative estimate of drug-likeness (QED) is 0.685. The molecular formula is C9H13NO2. The summed E-state index contributed by atoms with van der Waals surface area (Å²) in [4.78, 5) is 3.92. The molecule has 0 saturated heterocycles. The molecule has 2 unspecified atom stereocenters. The fraction of sp³-hybridized carbons (Fsp3) is 0.444. The van der Waals surface area contributed by atoms with Crippen molar-refractivity contribution in [3.8, 4) is 0 Å². The molecule has 0 aliphatic rings. The zero-order chi connectivity index (χ0) is 9.14. The molecule has 1 rings (SSSR count). The van der Waals surface area contributed by atoms with E-state index in [0.29, 0.717) is 5.56 Å². The molecule has 0 aliphatic carbocycles. The number of aliphatic hydroxyl groups is 2. The van der Waals surface area contributed by atoms with Crippen molar-refractivity contribution in [3.63, 3.8) is 0 Å². The minimum absolute atomic E-state index is 0.657. The van der Waals surface area contributed by atoms with Gasteiger partial charge in [-0.05, 0) is 19.4 Å². The lowest BCUT2D eigenvalue weighted by Crippen LogP contribution is -2.13. The summed E-state index contributed by atoms with van der Waals surface area (Å²) >= 11 is 0.